The zero-order valence-electron chi connectivity index (χ0n) is 15.7. The molecule has 1 aromatic carbocycles. The van der Waals surface area contributed by atoms with E-state index in [1.54, 1.807) is 0 Å². The molecule has 8 nitrogen and oxygen atoms in total. The van der Waals surface area contributed by atoms with E-state index >= 15 is 0 Å². The van der Waals surface area contributed by atoms with Gasteiger partial charge in [0.05, 0.1) is 4.90 Å². The van der Waals surface area contributed by atoms with Gasteiger partial charge in [-0.25, -0.2) is 22.0 Å². The van der Waals surface area contributed by atoms with Gasteiger partial charge < -0.3 is 16.0 Å². The van der Waals surface area contributed by atoms with E-state index in [4.69, 9.17) is 5.73 Å². The third kappa shape index (κ3) is 5.16. The Labute approximate surface area is 162 Å². The van der Waals surface area contributed by atoms with Gasteiger partial charge in [-0.3, -0.25) is 4.79 Å². The molecule has 0 radical (unpaired) electrons. The first-order valence-corrected chi connectivity index (χ1v) is 10.3. The molecule has 0 aromatic heterocycles. The predicted octanol–water partition coefficient (Wildman–Crippen LogP) is 0.881. The van der Waals surface area contributed by atoms with Crippen LogP contribution in [0.15, 0.2) is 23.1 Å². The van der Waals surface area contributed by atoms with E-state index in [-0.39, 0.29) is 42.9 Å². The van der Waals surface area contributed by atoms with Gasteiger partial charge in [-0.05, 0) is 30.5 Å². The van der Waals surface area contributed by atoms with Crippen molar-refractivity contribution in [1.29, 1.82) is 0 Å². The number of hydrogen-bond donors (Lipinski definition) is 2. The smallest absolute Gasteiger partial charge is 0.312 e. The van der Waals surface area contributed by atoms with Crippen molar-refractivity contribution in [2.75, 3.05) is 26.2 Å². The number of piperazine rings is 1. The summed E-state index contributed by atoms with van der Waals surface area (Å²) in [5.41, 5.74) is 5.14. The summed E-state index contributed by atoms with van der Waals surface area (Å²) < 4.78 is 52.8. The topological polar surface area (TPSA) is 113 Å². The van der Waals surface area contributed by atoms with Gasteiger partial charge >= 0.3 is 6.03 Å². The van der Waals surface area contributed by atoms with Crippen LogP contribution >= 0.6 is 0 Å². The summed E-state index contributed by atoms with van der Waals surface area (Å²) in [5.74, 6) is -2.58. The second kappa shape index (κ2) is 8.82. The monoisotopic (exact) mass is 418 g/mol. The summed E-state index contributed by atoms with van der Waals surface area (Å²) in [6.45, 7) is 4.01. The van der Waals surface area contributed by atoms with E-state index in [1.165, 1.54) is 4.90 Å². The molecular formula is C17H24F2N4O4S. The molecule has 11 heteroatoms. The van der Waals surface area contributed by atoms with Crippen molar-refractivity contribution in [1.82, 2.24) is 14.5 Å². The summed E-state index contributed by atoms with van der Waals surface area (Å²) in [6.07, 6.45) is 0.398. The van der Waals surface area contributed by atoms with Crippen LogP contribution in [0.4, 0.5) is 13.6 Å². The number of rotatable bonds is 6. The lowest BCUT2D eigenvalue weighted by atomic mass is 10.0. The van der Waals surface area contributed by atoms with Crippen molar-refractivity contribution in [2.24, 2.45) is 11.7 Å². The second-order valence-electron chi connectivity index (χ2n) is 7.00. The number of halogens is 2. The highest BCUT2D eigenvalue weighted by molar-refractivity contribution is 7.89. The van der Waals surface area contributed by atoms with Crippen LogP contribution in [0.5, 0.6) is 0 Å². The van der Waals surface area contributed by atoms with E-state index in [0.29, 0.717) is 12.5 Å². The molecule has 1 heterocycles. The molecule has 1 fully saturated rings. The van der Waals surface area contributed by atoms with Gasteiger partial charge in [-0.15, -0.1) is 0 Å². The number of carbonyl (C=O) groups excluding carboxylic acids is 2. The van der Waals surface area contributed by atoms with E-state index in [9.17, 15) is 26.8 Å². The Hall–Kier alpha value is -2.27. The number of amides is 3. The molecule has 0 bridgehead atoms. The highest BCUT2D eigenvalue weighted by Crippen LogP contribution is 2.20. The number of carbonyl (C=O) groups is 2. The van der Waals surface area contributed by atoms with Crippen molar-refractivity contribution in [3.63, 3.8) is 0 Å². The fourth-order valence-corrected chi connectivity index (χ4v) is 4.45. The van der Waals surface area contributed by atoms with Gasteiger partial charge in [0.15, 0.2) is 11.6 Å². The lowest BCUT2D eigenvalue weighted by Crippen LogP contribution is -2.56. The summed E-state index contributed by atoms with van der Waals surface area (Å²) >= 11 is 0. The summed E-state index contributed by atoms with van der Waals surface area (Å²) in [5, 5.41) is 2.43. The molecule has 0 spiro atoms. The van der Waals surface area contributed by atoms with E-state index in [1.807, 2.05) is 13.8 Å². The third-order valence-corrected chi connectivity index (χ3v) is 6.30. The molecule has 156 valence electrons. The fourth-order valence-electron chi connectivity index (χ4n) is 3.02. The summed E-state index contributed by atoms with van der Waals surface area (Å²) in [6, 6.07) is 0.803. The van der Waals surface area contributed by atoms with Crippen molar-refractivity contribution < 1.29 is 26.8 Å². The summed E-state index contributed by atoms with van der Waals surface area (Å²) in [7, 11) is -4.01. The van der Waals surface area contributed by atoms with Crippen molar-refractivity contribution in [2.45, 2.75) is 31.2 Å². The molecule has 1 aliphatic rings. The second-order valence-corrected chi connectivity index (χ2v) is 8.93. The van der Waals surface area contributed by atoms with Gasteiger partial charge in [-0.1, -0.05) is 13.8 Å². The quantitative estimate of drug-likeness (QED) is 0.714. The van der Waals surface area contributed by atoms with Gasteiger partial charge in [0.1, 0.15) is 6.04 Å². The van der Waals surface area contributed by atoms with E-state index < -0.39 is 33.7 Å². The van der Waals surface area contributed by atoms with Crippen molar-refractivity contribution in [3.8, 4) is 0 Å². The molecule has 0 aliphatic carbocycles. The number of urea groups is 1. The highest BCUT2D eigenvalue weighted by atomic mass is 32.2. The highest BCUT2D eigenvalue weighted by Gasteiger charge is 2.33. The zero-order chi connectivity index (χ0) is 21.1. The van der Waals surface area contributed by atoms with Gasteiger partial charge in [0.2, 0.25) is 15.9 Å². The molecule has 2 rings (SSSR count). The molecule has 3 N–H and O–H groups in total. The average Bonchev–Trinajstić information content (AvgIpc) is 2.62. The Bertz CT molecular complexity index is 840. The molecule has 1 aliphatic heterocycles. The van der Waals surface area contributed by atoms with Crippen LogP contribution in [-0.4, -0.2) is 61.8 Å². The normalized spacial score (nSPS) is 16.8. The van der Waals surface area contributed by atoms with Crippen LogP contribution in [0, 0.1) is 17.6 Å². The number of nitrogens with two attached hydrogens (primary N) is 1. The first-order chi connectivity index (χ1) is 13.0. The zero-order valence-corrected chi connectivity index (χ0v) is 16.5. The van der Waals surface area contributed by atoms with Crippen LogP contribution in [-0.2, 0) is 14.8 Å². The van der Waals surface area contributed by atoms with Crippen LogP contribution in [0.3, 0.4) is 0 Å². The Morgan fingerprint density at radius 1 is 1.14 bits per heavy atom. The van der Waals surface area contributed by atoms with Gasteiger partial charge in [0, 0.05) is 26.2 Å². The Kier molecular flexibility index (Phi) is 6.94. The lowest BCUT2D eigenvalue weighted by molar-refractivity contribution is -0.134. The van der Waals surface area contributed by atoms with Crippen molar-refractivity contribution in [3.05, 3.63) is 29.8 Å². The number of nitrogens with one attached hydrogen (secondary N) is 1. The molecule has 0 saturated carbocycles. The van der Waals surface area contributed by atoms with Crippen molar-refractivity contribution >= 4 is 22.0 Å². The average molecular weight is 418 g/mol. The molecule has 1 atom stereocenters. The van der Waals surface area contributed by atoms with Crippen LogP contribution in [0.1, 0.15) is 20.3 Å². The Morgan fingerprint density at radius 3 is 2.25 bits per heavy atom. The van der Waals surface area contributed by atoms with E-state index in [0.717, 1.165) is 16.4 Å². The molecule has 1 aromatic rings. The molecule has 1 saturated heterocycles. The first kappa shape index (κ1) is 22.0. The molecule has 0 unspecified atom stereocenters. The van der Waals surface area contributed by atoms with E-state index in [2.05, 4.69) is 5.32 Å². The van der Waals surface area contributed by atoms with Gasteiger partial charge in [-0.2, -0.15) is 4.31 Å². The van der Waals surface area contributed by atoms with Crippen LogP contribution < -0.4 is 11.1 Å². The molecular weight excluding hydrogens is 394 g/mol. The minimum absolute atomic E-state index is 0.00195. The fraction of sp³-hybridized carbons (Fsp3) is 0.529. The lowest BCUT2D eigenvalue weighted by Gasteiger charge is -2.36. The SMILES string of the molecule is CC(C)C[C@H](NC(N)=O)C(=O)N1CCN(S(=O)(=O)c2ccc(F)c(F)c2)CC1. The minimum Gasteiger partial charge on any atom is -0.352 e. The number of primary amides is 1. The first-order valence-electron chi connectivity index (χ1n) is 8.82. The number of sulfonamides is 1. The Balaban J connectivity index is 2.07. The van der Waals surface area contributed by atoms with Crippen LogP contribution in [0.2, 0.25) is 0 Å². The Morgan fingerprint density at radius 2 is 1.75 bits per heavy atom. The largest absolute Gasteiger partial charge is 0.352 e. The number of nitrogens with zero attached hydrogens (tertiary/aromatic N) is 2. The third-order valence-electron chi connectivity index (χ3n) is 4.40. The maximum absolute atomic E-state index is 13.4. The van der Waals surface area contributed by atoms with Crippen LogP contribution in [0.25, 0.3) is 0 Å². The van der Waals surface area contributed by atoms with Gasteiger partial charge in [0.25, 0.3) is 0 Å². The standard InChI is InChI=1S/C17H24F2N4O4S/c1-11(2)9-15(21-17(20)25)16(24)22-5-7-23(8-6-22)28(26,27)12-3-4-13(18)14(19)10-12/h3-4,10-11,15H,5-9H2,1-2H3,(H3,20,21,25)/t15-/m0/s1. The maximum atomic E-state index is 13.4. The maximum Gasteiger partial charge on any atom is 0.312 e. The summed E-state index contributed by atoms with van der Waals surface area (Å²) in [4.78, 5) is 25.0. The molecule has 3 amide bonds. The number of hydrogen-bond acceptors (Lipinski definition) is 4. The number of benzene rings is 1. The minimum atomic E-state index is -4.01. The predicted molar refractivity (Wildman–Crippen MR) is 97.7 cm³/mol. The molecule has 28 heavy (non-hydrogen) atoms.